The fourth-order valence-electron chi connectivity index (χ4n) is 1.97. The van der Waals surface area contributed by atoms with Crippen molar-refractivity contribution in [3.8, 4) is 0 Å². The van der Waals surface area contributed by atoms with Gasteiger partial charge in [-0.05, 0) is 25.0 Å². The molecule has 4 heteroatoms. The van der Waals surface area contributed by atoms with Gasteiger partial charge >= 0.3 is 0 Å². The summed E-state index contributed by atoms with van der Waals surface area (Å²) in [5.41, 5.74) is 7.93. The Morgan fingerprint density at radius 3 is 3.19 bits per heavy atom. The Morgan fingerprint density at radius 1 is 1.62 bits per heavy atom. The van der Waals surface area contributed by atoms with Crippen LogP contribution in [0.15, 0.2) is 12.3 Å². The predicted molar refractivity (Wildman–Crippen MR) is 65.6 cm³/mol. The van der Waals surface area contributed by atoms with Crippen LogP contribution in [0.4, 0.5) is 11.5 Å². The first kappa shape index (κ1) is 11.2. The molecule has 1 fully saturated rings. The van der Waals surface area contributed by atoms with Crippen LogP contribution in [0.1, 0.15) is 18.9 Å². The van der Waals surface area contributed by atoms with E-state index < -0.39 is 0 Å². The van der Waals surface area contributed by atoms with Crippen LogP contribution in [-0.2, 0) is 4.74 Å². The van der Waals surface area contributed by atoms with Crippen LogP contribution >= 0.6 is 0 Å². The molecule has 0 radical (unpaired) electrons. The minimum absolute atomic E-state index is 0.301. The molecule has 16 heavy (non-hydrogen) atoms. The van der Waals surface area contributed by atoms with Gasteiger partial charge in [-0.15, -0.1) is 0 Å². The molecule has 88 valence electrons. The minimum Gasteiger partial charge on any atom is -0.396 e. The summed E-state index contributed by atoms with van der Waals surface area (Å²) in [5, 5.41) is 0. The van der Waals surface area contributed by atoms with Crippen molar-refractivity contribution in [1.82, 2.24) is 4.98 Å². The fraction of sp³-hybridized carbons (Fsp3) is 0.583. The molecule has 1 aromatic rings. The van der Waals surface area contributed by atoms with Crippen molar-refractivity contribution in [2.45, 2.75) is 26.4 Å². The number of nitrogens with zero attached hydrogens (tertiary/aromatic N) is 2. The zero-order chi connectivity index (χ0) is 11.5. The molecule has 2 N–H and O–H groups in total. The summed E-state index contributed by atoms with van der Waals surface area (Å²) in [5.74, 6) is 0.904. The molecule has 0 aliphatic carbocycles. The lowest BCUT2D eigenvalue weighted by Gasteiger charge is -2.34. The van der Waals surface area contributed by atoms with E-state index in [-0.39, 0.29) is 0 Å². The van der Waals surface area contributed by atoms with Crippen molar-refractivity contribution in [1.29, 1.82) is 0 Å². The second-order valence-corrected chi connectivity index (χ2v) is 4.21. The summed E-state index contributed by atoms with van der Waals surface area (Å²) in [4.78, 5) is 6.60. The molecule has 0 spiro atoms. The number of aryl methyl sites for hydroxylation is 1. The molecule has 4 nitrogen and oxygen atoms in total. The molecule has 1 aliphatic rings. The van der Waals surface area contributed by atoms with Gasteiger partial charge in [0, 0.05) is 19.3 Å². The average molecular weight is 221 g/mol. The van der Waals surface area contributed by atoms with Crippen molar-refractivity contribution in [3.05, 3.63) is 17.8 Å². The van der Waals surface area contributed by atoms with Crippen LogP contribution < -0.4 is 10.6 Å². The molecule has 0 amide bonds. The molecular weight excluding hydrogens is 202 g/mol. The van der Waals surface area contributed by atoms with E-state index in [1.54, 1.807) is 0 Å². The number of aromatic nitrogens is 1. The second kappa shape index (κ2) is 4.70. The van der Waals surface area contributed by atoms with E-state index in [1.165, 1.54) is 0 Å². The Morgan fingerprint density at radius 2 is 2.44 bits per heavy atom. The number of anilines is 2. The van der Waals surface area contributed by atoms with Gasteiger partial charge in [-0.3, -0.25) is 0 Å². The summed E-state index contributed by atoms with van der Waals surface area (Å²) >= 11 is 0. The van der Waals surface area contributed by atoms with Crippen LogP contribution in [0.2, 0.25) is 0 Å². The van der Waals surface area contributed by atoms with Gasteiger partial charge in [0.15, 0.2) is 5.82 Å². The minimum atomic E-state index is 0.301. The summed E-state index contributed by atoms with van der Waals surface area (Å²) in [7, 11) is 0. The SMILES string of the molecule is CCC1CN(c2nccc(C)c2N)CCO1. The molecule has 2 heterocycles. The molecule has 0 aromatic carbocycles. The first-order chi connectivity index (χ1) is 7.72. The third kappa shape index (κ3) is 2.11. The number of ether oxygens (including phenoxy) is 1. The van der Waals surface area contributed by atoms with Gasteiger partial charge in [0.2, 0.25) is 0 Å². The van der Waals surface area contributed by atoms with E-state index >= 15 is 0 Å². The highest BCUT2D eigenvalue weighted by atomic mass is 16.5. The first-order valence-electron chi connectivity index (χ1n) is 5.80. The number of hydrogen-bond donors (Lipinski definition) is 1. The number of pyridine rings is 1. The van der Waals surface area contributed by atoms with E-state index in [2.05, 4.69) is 16.8 Å². The molecule has 1 atom stereocenters. The lowest BCUT2D eigenvalue weighted by molar-refractivity contribution is 0.0382. The highest BCUT2D eigenvalue weighted by Crippen LogP contribution is 2.25. The highest BCUT2D eigenvalue weighted by Gasteiger charge is 2.21. The summed E-state index contributed by atoms with van der Waals surface area (Å²) < 4.78 is 5.64. The number of rotatable bonds is 2. The monoisotopic (exact) mass is 221 g/mol. The zero-order valence-electron chi connectivity index (χ0n) is 9.94. The molecule has 2 rings (SSSR count). The molecule has 1 aliphatic heterocycles. The van der Waals surface area contributed by atoms with Crippen LogP contribution in [0.25, 0.3) is 0 Å². The zero-order valence-corrected chi connectivity index (χ0v) is 9.94. The third-order valence-electron chi connectivity index (χ3n) is 3.08. The van der Waals surface area contributed by atoms with Crippen molar-refractivity contribution in [2.24, 2.45) is 0 Å². The number of hydrogen-bond acceptors (Lipinski definition) is 4. The van der Waals surface area contributed by atoms with Gasteiger partial charge < -0.3 is 15.4 Å². The van der Waals surface area contributed by atoms with Crippen molar-refractivity contribution >= 4 is 11.5 Å². The third-order valence-corrected chi connectivity index (χ3v) is 3.08. The Hall–Kier alpha value is -1.29. The molecule has 0 bridgehead atoms. The maximum atomic E-state index is 6.06. The fourth-order valence-corrected chi connectivity index (χ4v) is 1.97. The van der Waals surface area contributed by atoms with E-state index in [1.807, 2.05) is 19.2 Å². The Balaban J connectivity index is 2.20. The van der Waals surface area contributed by atoms with E-state index in [0.717, 1.165) is 43.2 Å². The normalized spacial score (nSPS) is 21.1. The van der Waals surface area contributed by atoms with Gasteiger partial charge in [0.05, 0.1) is 18.4 Å². The summed E-state index contributed by atoms with van der Waals surface area (Å²) in [6.45, 7) is 6.67. The lowest BCUT2D eigenvalue weighted by atomic mass is 10.2. The largest absolute Gasteiger partial charge is 0.396 e. The van der Waals surface area contributed by atoms with Gasteiger partial charge in [0.25, 0.3) is 0 Å². The Kier molecular flexibility index (Phi) is 3.29. The lowest BCUT2D eigenvalue weighted by Crippen LogP contribution is -2.43. The number of nitrogen functional groups attached to an aromatic ring is 1. The topological polar surface area (TPSA) is 51.4 Å². The smallest absolute Gasteiger partial charge is 0.152 e. The molecular formula is C12H19N3O. The summed E-state index contributed by atoms with van der Waals surface area (Å²) in [6.07, 6.45) is 3.15. The molecule has 1 unspecified atom stereocenters. The maximum Gasteiger partial charge on any atom is 0.152 e. The van der Waals surface area contributed by atoms with Gasteiger partial charge in [-0.2, -0.15) is 0 Å². The van der Waals surface area contributed by atoms with Gasteiger partial charge in [0.1, 0.15) is 0 Å². The second-order valence-electron chi connectivity index (χ2n) is 4.21. The quantitative estimate of drug-likeness (QED) is 0.824. The van der Waals surface area contributed by atoms with Crippen LogP contribution in [0.3, 0.4) is 0 Å². The first-order valence-corrected chi connectivity index (χ1v) is 5.80. The van der Waals surface area contributed by atoms with E-state index in [9.17, 15) is 0 Å². The molecule has 0 saturated carbocycles. The molecule has 1 saturated heterocycles. The predicted octanol–water partition coefficient (Wildman–Crippen LogP) is 1.59. The van der Waals surface area contributed by atoms with E-state index in [0.29, 0.717) is 6.10 Å². The van der Waals surface area contributed by atoms with Crippen molar-refractivity contribution in [2.75, 3.05) is 30.3 Å². The maximum absolute atomic E-state index is 6.06. The Bertz CT molecular complexity index is 367. The Labute approximate surface area is 96.4 Å². The van der Waals surface area contributed by atoms with Gasteiger partial charge in [-0.25, -0.2) is 4.98 Å². The number of nitrogens with two attached hydrogens (primary N) is 1. The van der Waals surface area contributed by atoms with Crippen LogP contribution in [-0.4, -0.2) is 30.8 Å². The standard InChI is InChI=1S/C12H19N3O/c1-3-10-8-15(6-7-16-10)12-11(13)9(2)4-5-14-12/h4-5,10H,3,6-8,13H2,1-2H3. The molecule has 1 aromatic heterocycles. The number of morpholine rings is 1. The average Bonchev–Trinajstić information content (AvgIpc) is 2.33. The highest BCUT2D eigenvalue weighted by molar-refractivity contribution is 5.66. The van der Waals surface area contributed by atoms with Crippen molar-refractivity contribution < 1.29 is 4.74 Å². The van der Waals surface area contributed by atoms with Gasteiger partial charge in [-0.1, -0.05) is 6.92 Å². The van der Waals surface area contributed by atoms with Crippen molar-refractivity contribution in [3.63, 3.8) is 0 Å². The summed E-state index contributed by atoms with van der Waals surface area (Å²) in [6, 6.07) is 1.94. The van der Waals surface area contributed by atoms with Crippen LogP contribution in [0, 0.1) is 6.92 Å². The van der Waals surface area contributed by atoms with Crippen LogP contribution in [0.5, 0.6) is 0 Å². The van der Waals surface area contributed by atoms with E-state index in [4.69, 9.17) is 10.5 Å².